The Kier molecular flexibility index (Phi) is 8.61. The highest BCUT2D eigenvalue weighted by molar-refractivity contribution is 7.99. The highest BCUT2D eigenvalue weighted by atomic mass is 35.5. The van der Waals surface area contributed by atoms with Crippen LogP contribution in [0.1, 0.15) is 43.0 Å². The van der Waals surface area contributed by atoms with Crippen molar-refractivity contribution >= 4 is 40.9 Å². The monoisotopic (exact) mass is 446 g/mol. The highest BCUT2D eigenvalue weighted by Gasteiger charge is 2.14. The average molecular weight is 447 g/mol. The Morgan fingerprint density at radius 1 is 1.03 bits per heavy atom. The first kappa shape index (κ1) is 22.7. The van der Waals surface area contributed by atoms with Crippen LogP contribution in [0.15, 0.2) is 52.3 Å². The molecule has 2 aromatic rings. The molecule has 30 heavy (non-hydrogen) atoms. The number of hydrogen-bond donors (Lipinski definition) is 3. The Labute approximate surface area is 187 Å². The van der Waals surface area contributed by atoms with Crippen molar-refractivity contribution in [2.75, 3.05) is 31.5 Å². The smallest absolute Gasteiger partial charge is 0.251 e. The zero-order chi connectivity index (χ0) is 21.3. The van der Waals surface area contributed by atoms with Gasteiger partial charge in [-0.05, 0) is 68.1 Å². The van der Waals surface area contributed by atoms with E-state index < -0.39 is 0 Å². The fraction of sp³-hybridized carbons (Fsp3) is 0.391. The molecule has 0 unspecified atom stereocenters. The van der Waals surface area contributed by atoms with Gasteiger partial charge in [-0.2, -0.15) is 0 Å². The number of amides is 2. The topological polar surface area (TPSA) is 62.6 Å². The third-order valence-corrected chi connectivity index (χ3v) is 6.50. The average Bonchev–Trinajstić information content (AvgIpc) is 2.99. The summed E-state index contributed by atoms with van der Waals surface area (Å²) in [6.45, 7) is 5.46. The number of benzene rings is 2. The van der Waals surface area contributed by atoms with Gasteiger partial charge in [0.25, 0.3) is 5.91 Å². The zero-order valence-electron chi connectivity index (χ0n) is 17.3. The van der Waals surface area contributed by atoms with Gasteiger partial charge in [0.05, 0.1) is 31.9 Å². The van der Waals surface area contributed by atoms with Gasteiger partial charge in [0.2, 0.25) is 5.91 Å². The van der Waals surface area contributed by atoms with E-state index >= 15 is 0 Å². The predicted octanol–water partition coefficient (Wildman–Crippen LogP) is 3.64. The first-order valence-corrected chi connectivity index (χ1v) is 11.7. The molecule has 1 heterocycles. The van der Waals surface area contributed by atoms with Crippen LogP contribution in [0.2, 0.25) is 5.02 Å². The van der Waals surface area contributed by atoms with Crippen molar-refractivity contribution in [3.05, 3.63) is 53.1 Å². The van der Waals surface area contributed by atoms with Crippen LogP contribution in [0.3, 0.4) is 0 Å². The number of nitrogens with one attached hydrogen (secondary N) is 3. The zero-order valence-corrected chi connectivity index (χ0v) is 18.9. The van der Waals surface area contributed by atoms with E-state index in [0.29, 0.717) is 22.8 Å². The van der Waals surface area contributed by atoms with Gasteiger partial charge in [-0.3, -0.25) is 9.59 Å². The van der Waals surface area contributed by atoms with Crippen LogP contribution in [0.4, 0.5) is 5.69 Å². The molecule has 0 aliphatic carbocycles. The molecule has 1 aliphatic heterocycles. The maximum atomic E-state index is 12.6. The molecule has 0 radical (unpaired) electrons. The van der Waals surface area contributed by atoms with E-state index in [9.17, 15) is 9.59 Å². The molecular formula is C23H29ClN3O2S+. The fourth-order valence-corrected chi connectivity index (χ4v) is 4.62. The first-order chi connectivity index (χ1) is 14.5. The van der Waals surface area contributed by atoms with E-state index in [1.54, 1.807) is 17.0 Å². The summed E-state index contributed by atoms with van der Waals surface area (Å²) in [6.07, 6.45) is 5.19. The van der Waals surface area contributed by atoms with E-state index in [2.05, 4.69) is 10.6 Å². The molecular weight excluding hydrogens is 418 g/mol. The van der Waals surface area contributed by atoms with Crippen LogP contribution < -0.4 is 15.5 Å². The number of carbonyl (C=O) groups excluding carboxylic acids is 2. The summed E-state index contributed by atoms with van der Waals surface area (Å²) < 4.78 is 0. The lowest BCUT2D eigenvalue weighted by atomic mass is 10.2. The maximum absolute atomic E-state index is 12.6. The summed E-state index contributed by atoms with van der Waals surface area (Å²) in [5.74, 6) is -0.283. The van der Waals surface area contributed by atoms with Crippen molar-refractivity contribution in [1.29, 1.82) is 0 Å². The van der Waals surface area contributed by atoms with Crippen LogP contribution >= 0.6 is 23.4 Å². The molecule has 2 amide bonds. The van der Waals surface area contributed by atoms with Crippen LogP contribution in [0.25, 0.3) is 0 Å². The van der Waals surface area contributed by atoms with Crippen molar-refractivity contribution in [2.45, 2.75) is 42.4 Å². The SMILES string of the molecule is CC(=O)Nc1cc(C(=O)NCC[NH+]2CCCCCC2)ccc1Sc1ccc(Cl)cc1. The Morgan fingerprint density at radius 2 is 1.73 bits per heavy atom. The molecule has 0 bridgehead atoms. The molecule has 0 saturated carbocycles. The van der Waals surface area contributed by atoms with Crippen LogP contribution in [-0.4, -0.2) is 38.0 Å². The Bertz CT molecular complexity index is 865. The molecule has 1 saturated heterocycles. The molecule has 0 aromatic heterocycles. The van der Waals surface area contributed by atoms with Crippen LogP contribution in [-0.2, 0) is 4.79 Å². The van der Waals surface area contributed by atoms with Crippen molar-refractivity contribution in [1.82, 2.24) is 5.32 Å². The number of carbonyl (C=O) groups is 2. The van der Waals surface area contributed by atoms with Crippen molar-refractivity contribution in [3.63, 3.8) is 0 Å². The molecule has 0 spiro atoms. The number of likely N-dealkylation sites (tertiary alicyclic amines) is 1. The summed E-state index contributed by atoms with van der Waals surface area (Å²) in [5.41, 5.74) is 1.18. The predicted molar refractivity (Wildman–Crippen MR) is 123 cm³/mol. The molecule has 2 aromatic carbocycles. The van der Waals surface area contributed by atoms with Gasteiger partial charge in [-0.15, -0.1) is 0 Å². The van der Waals surface area contributed by atoms with Gasteiger partial charge < -0.3 is 15.5 Å². The molecule has 3 rings (SSSR count). The van der Waals surface area contributed by atoms with Crippen molar-refractivity contribution < 1.29 is 14.5 Å². The van der Waals surface area contributed by atoms with E-state index in [0.717, 1.165) is 16.3 Å². The number of halogens is 1. The number of quaternary nitrogens is 1. The quantitative estimate of drug-likeness (QED) is 0.608. The standard InChI is InChI=1S/C23H28ClN3O2S/c1-17(28)26-21-16-18(6-11-22(21)30-20-9-7-19(24)8-10-20)23(29)25-12-15-27-13-4-2-3-5-14-27/h6-11,16H,2-5,12-15H2,1H3,(H,25,29)(H,26,28)/p+1. The normalized spacial score (nSPS) is 14.7. The van der Waals surface area contributed by atoms with Gasteiger partial charge in [0.15, 0.2) is 0 Å². The summed E-state index contributed by atoms with van der Waals surface area (Å²) in [7, 11) is 0. The molecule has 3 N–H and O–H groups in total. The Hall–Kier alpha value is -2.02. The minimum Gasteiger partial charge on any atom is -0.346 e. The van der Waals surface area contributed by atoms with Gasteiger partial charge in [-0.1, -0.05) is 23.4 Å². The minimum atomic E-state index is -0.171. The molecule has 1 aliphatic rings. The highest BCUT2D eigenvalue weighted by Crippen LogP contribution is 2.34. The molecule has 5 nitrogen and oxygen atoms in total. The molecule has 7 heteroatoms. The number of anilines is 1. The van der Waals surface area contributed by atoms with E-state index in [1.807, 2.05) is 30.3 Å². The Morgan fingerprint density at radius 3 is 2.40 bits per heavy atom. The van der Waals surface area contributed by atoms with E-state index in [1.165, 1.54) is 57.5 Å². The largest absolute Gasteiger partial charge is 0.346 e. The van der Waals surface area contributed by atoms with Gasteiger partial charge in [0.1, 0.15) is 0 Å². The van der Waals surface area contributed by atoms with Crippen molar-refractivity contribution in [3.8, 4) is 0 Å². The number of rotatable bonds is 7. The lowest BCUT2D eigenvalue weighted by Gasteiger charge is -2.17. The van der Waals surface area contributed by atoms with Crippen molar-refractivity contribution in [2.24, 2.45) is 0 Å². The maximum Gasteiger partial charge on any atom is 0.251 e. The van der Waals surface area contributed by atoms with E-state index in [-0.39, 0.29) is 11.8 Å². The second kappa shape index (κ2) is 11.4. The summed E-state index contributed by atoms with van der Waals surface area (Å²) in [5, 5.41) is 6.55. The van der Waals surface area contributed by atoms with Gasteiger partial charge in [0, 0.05) is 27.3 Å². The summed E-state index contributed by atoms with van der Waals surface area (Å²) in [4.78, 5) is 27.8. The third-order valence-electron chi connectivity index (χ3n) is 5.17. The lowest BCUT2D eigenvalue weighted by Crippen LogP contribution is -3.12. The summed E-state index contributed by atoms with van der Waals surface area (Å²) in [6, 6.07) is 12.9. The minimum absolute atomic E-state index is 0.112. The second-order valence-electron chi connectivity index (χ2n) is 7.62. The first-order valence-electron chi connectivity index (χ1n) is 10.5. The lowest BCUT2D eigenvalue weighted by molar-refractivity contribution is -0.898. The summed E-state index contributed by atoms with van der Waals surface area (Å²) >= 11 is 7.47. The second-order valence-corrected chi connectivity index (χ2v) is 9.17. The Balaban J connectivity index is 1.64. The fourth-order valence-electron chi connectivity index (χ4n) is 3.61. The van der Waals surface area contributed by atoms with E-state index in [4.69, 9.17) is 11.6 Å². The molecule has 0 atom stereocenters. The van der Waals surface area contributed by atoms with Gasteiger partial charge >= 0.3 is 0 Å². The molecule has 1 fully saturated rings. The van der Waals surface area contributed by atoms with Crippen LogP contribution in [0, 0.1) is 0 Å². The van der Waals surface area contributed by atoms with Crippen LogP contribution in [0.5, 0.6) is 0 Å². The third kappa shape index (κ3) is 7.04. The number of hydrogen-bond acceptors (Lipinski definition) is 3. The molecule has 160 valence electrons. The van der Waals surface area contributed by atoms with Gasteiger partial charge in [-0.25, -0.2) is 0 Å².